The molecule has 0 saturated heterocycles. The highest BCUT2D eigenvalue weighted by atomic mass is 79.9. The second kappa shape index (κ2) is 7.69. The van der Waals surface area contributed by atoms with Crippen molar-refractivity contribution < 1.29 is 4.79 Å². The van der Waals surface area contributed by atoms with Crippen LogP contribution in [0.15, 0.2) is 41.3 Å². The van der Waals surface area contributed by atoms with Crippen LogP contribution in [0, 0.1) is 6.92 Å². The van der Waals surface area contributed by atoms with E-state index in [-0.39, 0.29) is 5.91 Å². The summed E-state index contributed by atoms with van der Waals surface area (Å²) in [6.07, 6.45) is 5.73. The fraction of sp³-hybridized carbons (Fsp3) is 0.158. The van der Waals surface area contributed by atoms with Crippen LogP contribution in [0.4, 0.5) is 5.13 Å². The van der Waals surface area contributed by atoms with E-state index < -0.39 is 0 Å². The van der Waals surface area contributed by atoms with Gasteiger partial charge in [-0.15, -0.1) is 0 Å². The molecule has 1 N–H and O–H groups in total. The lowest BCUT2D eigenvalue weighted by Crippen LogP contribution is -2.16. The van der Waals surface area contributed by atoms with E-state index in [0.29, 0.717) is 32.1 Å². The quantitative estimate of drug-likeness (QED) is 0.490. The zero-order valence-electron chi connectivity index (χ0n) is 15.1. The number of hydrogen-bond donors (Lipinski definition) is 1. The predicted octanol–water partition coefficient (Wildman–Crippen LogP) is 4.43. The van der Waals surface area contributed by atoms with Crippen molar-refractivity contribution in [3.05, 3.63) is 58.2 Å². The number of amides is 1. The van der Waals surface area contributed by atoms with Crippen LogP contribution in [0.5, 0.6) is 0 Å². The van der Waals surface area contributed by atoms with E-state index in [4.69, 9.17) is 0 Å². The molecule has 0 bridgehead atoms. The maximum absolute atomic E-state index is 12.8. The molecule has 0 radical (unpaired) electrons. The maximum atomic E-state index is 12.8. The van der Waals surface area contributed by atoms with Crippen LogP contribution < -0.4 is 5.32 Å². The number of nitrogens with zero attached hydrogens (tertiary/aromatic N) is 5. The topological polar surface area (TPSA) is 93.6 Å². The Bertz CT molecular complexity index is 1180. The Labute approximate surface area is 173 Å². The van der Waals surface area contributed by atoms with Gasteiger partial charge in [0.05, 0.1) is 23.1 Å². The van der Waals surface area contributed by atoms with Crippen molar-refractivity contribution in [2.45, 2.75) is 20.3 Å². The number of pyridine rings is 2. The zero-order chi connectivity index (χ0) is 19.7. The van der Waals surface area contributed by atoms with E-state index in [2.05, 4.69) is 46.2 Å². The summed E-state index contributed by atoms with van der Waals surface area (Å²) in [5, 5.41) is 3.30. The van der Waals surface area contributed by atoms with Gasteiger partial charge in [0.2, 0.25) is 0 Å². The minimum absolute atomic E-state index is 0.260. The highest BCUT2D eigenvalue weighted by Gasteiger charge is 2.19. The first-order chi connectivity index (χ1) is 13.5. The van der Waals surface area contributed by atoms with Gasteiger partial charge in [-0.25, -0.2) is 9.97 Å². The second-order valence-corrected chi connectivity index (χ2v) is 7.85. The van der Waals surface area contributed by atoms with Gasteiger partial charge in [0, 0.05) is 28.1 Å². The molecule has 4 aromatic rings. The molecule has 0 aliphatic carbocycles. The summed E-state index contributed by atoms with van der Waals surface area (Å²) in [6.45, 7) is 3.87. The average Bonchev–Trinajstić information content (AvgIpc) is 3.09. The third-order valence-electron chi connectivity index (χ3n) is 4.06. The molecular formula is C19H15BrN6OS. The molecule has 7 nitrogen and oxygen atoms in total. The van der Waals surface area contributed by atoms with E-state index in [1.54, 1.807) is 18.6 Å². The number of halogens is 1. The Kier molecular flexibility index (Phi) is 5.10. The van der Waals surface area contributed by atoms with Gasteiger partial charge in [-0.1, -0.05) is 18.3 Å². The van der Waals surface area contributed by atoms with Crippen molar-refractivity contribution in [2.24, 2.45) is 0 Å². The smallest absolute Gasteiger partial charge is 0.260 e. The summed E-state index contributed by atoms with van der Waals surface area (Å²) in [5.74, 6) is -0.260. The van der Waals surface area contributed by atoms with Crippen molar-refractivity contribution in [1.82, 2.24) is 24.9 Å². The average molecular weight is 455 g/mol. The van der Waals surface area contributed by atoms with E-state index in [1.807, 2.05) is 32.0 Å². The summed E-state index contributed by atoms with van der Waals surface area (Å²) in [4.78, 5) is 35.3. The number of carbonyl (C=O) groups is 1. The first-order valence-electron chi connectivity index (χ1n) is 8.56. The standard InChI is InChI=1S/C19H15BrN6OS/c1-3-13-15(12(20)8-10(2)23-13)17(27)26-19-25-16-18(28-19)24-14(9-22-16)11-4-6-21-7-5-11/h4-9H,3H2,1-2H3,(H,22,25,26,27). The summed E-state index contributed by atoms with van der Waals surface area (Å²) < 4.78 is 0.715. The number of anilines is 1. The first kappa shape index (κ1) is 18.6. The third kappa shape index (κ3) is 3.63. The van der Waals surface area contributed by atoms with Gasteiger partial charge in [0.15, 0.2) is 15.6 Å². The number of rotatable bonds is 4. The molecule has 0 fully saturated rings. The van der Waals surface area contributed by atoms with Gasteiger partial charge in [-0.2, -0.15) is 4.98 Å². The van der Waals surface area contributed by atoms with Crippen LogP contribution in [0.3, 0.4) is 0 Å². The third-order valence-corrected chi connectivity index (χ3v) is 5.54. The lowest BCUT2D eigenvalue weighted by atomic mass is 10.1. The van der Waals surface area contributed by atoms with E-state index >= 15 is 0 Å². The first-order valence-corrected chi connectivity index (χ1v) is 10.2. The van der Waals surface area contributed by atoms with Crippen LogP contribution in [0.25, 0.3) is 21.7 Å². The second-order valence-electron chi connectivity index (χ2n) is 6.01. The molecule has 4 rings (SSSR count). The van der Waals surface area contributed by atoms with Gasteiger partial charge in [-0.3, -0.25) is 20.1 Å². The Morgan fingerprint density at radius 3 is 2.75 bits per heavy atom. The van der Waals surface area contributed by atoms with Crippen molar-refractivity contribution in [3.8, 4) is 11.3 Å². The fourth-order valence-electron chi connectivity index (χ4n) is 2.79. The zero-order valence-corrected chi connectivity index (χ0v) is 17.5. The van der Waals surface area contributed by atoms with Crippen LogP contribution in [-0.2, 0) is 6.42 Å². The lowest BCUT2D eigenvalue weighted by molar-refractivity contribution is 0.102. The number of thiazole rings is 1. The molecule has 4 aromatic heterocycles. The fourth-order valence-corrected chi connectivity index (χ4v) is 4.32. The Balaban J connectivity index is 1.65. The highest BCUT2D eigenvalue weighted by Crippen LogP contribution is 2.27. The van der Waals surface area contributed by atoms with Gasteiger partial charge in [0.1, 0.15) is 0 Å². The SMILES string of the molecule is CCc1nc(C)cc(Br)c1C(=O)Nc1nc2ncc(-c3ccncc3)nc2s1. The molecule has 0 unspecified atom stereocenters. The number of aryl methyl sites for hydroxylation is 2. The van der Waals surface area contributed by atoms with E-state index in [9.17, 15) is 4.79 Å². The van der Waals surface area contributed by atoms with E-state index in [1.165, 1.54) is 11.3 Å². The van der Waals surface area contributed by atoms with Crippen LogP contribution in [0.2, 0.25) is 0 Å². The number of carbonyl (C=O) groups excluding carboxylic acids is 1. The van der Waals surface area contributed by atoms with E-state index in [0.717, 1.165) is 22.6 Å². The summed E-state index contributed by atoms with van der Waals surface area (Å²) in [6, 6.07) is 5.57. The largest absolute Gasteiger partial charge is 0.298 e. The molecule has 0 aliphatic heterocycles. The van der Waals surface area contributed by atoms with Gasteiger partial charge in [-0.05, 0) is 47.5 Å². The summed E-state index contributed by atoms with van der Waals surface area (Å²) in [5.41, 5.74) is 4.26. The van der Waals surface area contributed by atoms with Crippen molar-refractivity contribution in [2.75, 3.05) is 5.32 Å². The lowest BCUT2D eigenvalue weighted by Gasteiger charge is -2.10. The van der Waals surface area contributed by atoms with Crippen molar-refractivity contribution in [1.29, 1.82) is 0 Å². The molecule has 4 heterocycles. The van der Waals surface area contributed by atoms with Crippen LogP contribution in [-0.4, -0.2) is 30.8 Å². The molecule has 1 amide bonds. The van der Waals surface area contributed by atoms with Crippen LogP contribution >= 0.6 is 27.3 Å². The minimum atomic E-state index is -0.260. The summed E-state index contributed by atoms with van der Waals surface area (Å²) >= 11 is 4.76. The monoisotopic (exact) mass is 454 g/mol. The summed E-state index contributed by atoms with van der Waals surface area (Å²) in [7, 11) is 0. The highest BCUT2D eigenvalue weighted by molar-refractivity contribution is 9.10. The van der Waals surface area contributed by atoms with Crippen molar-refractivity contribution >= 4 is 48.8 Å². The van der Waals surface area contributed by atoms with Gasteiger partial charge < -0.3 is 0 Å². The number of aromatic nitrogens is 5. The normalized spacial score (nSPS) is 11.0. The molecule has 0 saturated carbocycles. The van der Waals surface area contributed by atoms with Crippen molar-refractivity contribution in [3.63, 3.8) is 0 Å². The number of nitrogens with one attached hydrogen (secondary N) is 1. The van der Waals surface area contributed by atoms with Crippen LogP contribution in [0.1, 0.15) is 28.7 Å². The predicted molar refractivity (Wildman–Crippen MR) is 112 cm³/mol. The Morgan fingerprint density at radius 1 is 1.21 bits per heavy atom. The molecule has 0 aromatic carbocycles. The maximum Gasteiger partial charge on any atom is 0.260 e. The Morgan fingerprint density at radius 2 is 2.00 bits per heavy atom. The molecule has 9 heteroatoms. The molecule has 0 spiro atoms. The molecule has 28 heavy (non-hydrogen) atoms. The molecule has 0 aliphatic rings. The molecular weight excluding hydrogens is 440 g/mol. The van der Waals surface area contributed by atoms with Gasteiger partial charge >= 0.3 is 0 Å². The number of fused-ring (bicyclic) bond motifs is 1. The van der Waals surface area contributed by atoms with Gasteiger partial charge in [0.25, 0.3) is 5.91 Å². The number of hydrogen-bond acceptors (Lipinski definition) is 7. The molecule has 0 atom stereocenters. The molecule has 140 valence electrons. The minimum Gasteiger partial charge on any atom is -0.298 e. The Hall–Kier alpha value is -2.78.